The van der Waals surface area contributed by atoms with Crippen molar-refractivity contribution in [2.24, 2.45) is 4.99 Å². The first kappa shape index (κ1) is 21.5. The smallest absolute Gasteiger partial charge is 0.191 e. The standard InChI is InChI=1S/C16H26ClN3O.HI/c1-5-21-11-10-19-15(18-4)20-12-16(2,3)13-8-6-7-9-14(13)17;/h6-9H,5,10-12H2,1-4H3,(H2,18,19,20);1H. The second-order valence-corrected chi connectivity index (χ2v) is 5.82. The quantitative estimate of drug-likeness (QED) is 0.296. The molecule has 6 heteroatoms. The summed E-state index contributed by atoms with van der Waals surface area (Å²) in [5.74, 6) is 0.773. The largest absolute Gasteiger partial charge is 0.380 e. The SMILES string of the molecule is CCOCCNC(=NC)NCC(C)(C)c1ccccc1Cl.I. The van der Waals surface area contributed by atoms with Gasteiger partial charge in [0, 0.05) is 37.2 Å². The van der Waals surface area contributed by atoms with Gasteiger partial charge in [0.25, 0.3) is 0 Å². The van der Waals surface area contributed by atoms with Crippen molar-refractivity contribution in [3.05, 3.63) is 34.9 Å². The molecular formula is C16H27ClIN3O. The average molecular weight is 440 g/mol. The molecule has 4 nitrogen and oxygen atoms in total. The fraction of sp³-hybridized carbons (Fsp3) is 0.562. The van der Waals surface area contributed by atoms with Gasteiger partial charge >= 0.3 is 0 Å². The van der Waals surface area contributed by atoms with E-state index in [0.717, 1.165) is 36.2 Å². The molecule has 0 saturated carbocycles. The van der Waals surface area contributed by atoms with E-state index in [-0.39, 0.29) is 29.4 Å². The van der Waals surface area contributed by atoms with Crippen molar-refractivity contribution in [1.29, 1.82) is 0 Å². The van der Waals surface area contributed by atoms with Crippen LogP contribution in [-0.2, 0) is 10.2 Å². The van der Waals surface area contributed by atoms with Gasteiger partial charge in [0.05, 0.1) is 6.61 Å². The lowest BCUT2D eigenvalue weighted by atomic mass is 9.84. The summed E-state index contributed by atoms with van der Waals surface area (Å²) in [4.78, 5) is 4.21. The lowest BCUT2D eigenvalue weighted by Gasteiger charge is -2.27. The maximum atomic E-state index is 6.29. The van der Waals surface area contributed by atoms with Crippen molar-refractivity contribution >= 4 is 41.5 Å². The molecule has 0 unspecified atom stereocenters. The lowest BCUT2D eigenvalue weighted by Crippen LogP contribution is -2.44. The van der Waals surface area contributed by atoms with Gasteiger partial charge in [-0.2, -0.15) is 0 Å². The van der Waals surface area contributed by atoms with Crippen LogP contribution in [0.1, 0.15) is 26.3 Å². The molecule has 0 fully saturated rings. The number of hydrogen-bond donors (Lipinski definition) is 2. The second kappa shape index (κ2) is 11.1. The van der Waals surface area contributed by atoms with Crippen molar-refractivity contribution < 1.29 is 4.74 Å². The summed E-state index contributed by atoms with van der Waals surface area (Å²) >= 11 is 6.29. The maximum Gasteiger partial charge on any atom is 0.191 e. The van der Waals surface area contributed by atoms with Gasteiger partial charge < -0.3 is 15.4 Å². The maximum absolute atomic E-state index is 6.29. The van der Waals surface area contributed by atoms with Crippen LogP contribution in [0.15, 0.2) is 29.3 Å². The minimum atomic E-state index is -0.0874. The third-order valence-corrected chi connectivity index (χ3v) is 3.60. The number of aliphatic imine (C=N–C) groups is 1. The summed E-state index contributed by atoms with van der Waals surface area (Å²) in [7, 11) is 1.76. The van der Waals surface area contributed by atoms with Crippen LogP contribution in [0.2, 0.25) is 5.02 Å². The van der Waals surface area contributed by atoms with E-state index >= 15 is 0 Å². The first-order chi connectivity index (χ1) is 10.0. The molecule has 1 aromatic rings. The minimum absolute atomic E-state index is 0. The second-order valence-electron chi connectivity index (χ2n) is 5.41. The van der Waals surface area contributed by atoms with Gasteiger partial charge in [-0.15, -0.1) is 24.0 Å². The molecule has 22 heavy (non-hydrogen) atoms. The fourth-order valence-corrected chi connectivity index (χ4v) is 2.41. The Balaban J connectivity index is 0.00000441. The van der Waals surface area contributed by atoms with Gasteiger partial charge in [-0.05, 0) is 18.6 Å². The summed E-state index contributed by atoms with van der Waals surface area (Å²) in [5.41, 5.74) is 1.04. The van der Waals surface area contributed by atoms with Gasteiger partial charge in [0.15, 0.2) is 5.96 Å². The van der Waals surface area contributed by atoms with Crippen molar-refractivity contribution in [3.8, 4) is 0 Å². The summed E-state index contributed by atoms with van der Waals surface area (Å²) in [5, 5.41) is 7.36. The Hall–Kier alpha value is -0.530. The predicted octanol–water partition coefficient (Wildman–Crippen LogP) is 3.44. The first-order valence-electron chi connectivity index (χ1n) is 7.28. The zero-order valence-corrected chi connectivity index (χ0v) is 16.9. The van der Waals surface area contributed by atoms with E-state index in [4.69, 9.17) is 16.3 Å². The third kappa shape index (κ3) is 7.15. The number of hydrogen-bond acceptors (Lipinski definition) is 2. The Morgan fingerprint density at radius 3 is 2.55 bits per heavy atom. The molecule has 0 saturated heterocycles. The van der Waals surface area contributed by atoms with Crippen LogP contribution in [0.3, 0.4) is 0 Å². The topological polar surface area (TPSA) is 45.6 Å². The molecule has 1 aromatic carbocycles. The van der Waals surface area contributed by atoms with E-state index in [9.17, 15) is 0 Å². The van der Waals surface area contributed by atoms with E-state index in [2.05, 4.69) is 35.5 Å². The molecule has 0 aliphatic carbocycles. The third-order valence-electron chi connectivity index (χ3n) is 3.27. The Kier molecular flexibility index (Phi) is 10.8. The number of ether oxygens (including phenoxy) is 1. The molecule has 126 valence electrons. The molecule has 2 N–H and O–H groups in total. The Bertz CT molecular complexity index is 466. The molecule has 0 bridgehead atoms. The molecule has 0 aromatic heterocycles. The lowest BCUT2D eigenvalue weighted by molar-refractivity contribution is 0.152. The average Bonchev–Trinajstić information content (AvgIpc) is 2.47. The van der Waals surface area contributed by atoms with Gasteiger partial charge in [-0.1, -0.05) is 43.6 Å². The number of benzene rings is 1. The van der Waals surface area contributed by atoms with Crippen LogP contribution in [0.25, 0.3) is 0 Å². The highest BCUT2D eigenvalue weighted by atomic mass is 127. The van der Waals surface area contributed by atoms with Crippen LogP contribution in [-0.4, -0.2) is 39.3 Å². The number of guanidine groups is 1. The Morgan fingerprint density at radius 2 is 1.95 bits per heavy atom. The van der Waals surface area contributed by atoms with Crippen molar-refractivity contribution in [1.82, 2.24) is 10.6 Å². The van der Waals surface area contributed by atoms with Crippen molar-refractivity contribution in [3.63, 3.8) is 0 Å². The molecule has 0 aliphatic rings. The summed E-state index contributed by atoms with van der Waals surface area (Å²) < 4.78 is 5.30. The van der Waals surface area contributed by atoms with Crippen LogP contribution in [0.4, 0.5) is 0 Å². The summed E-state index contributed by atoms with van der Waals surface area (Å²) in [6.45, 7) is 9.19. The van der Waals surface area contributed by atoms with Crippen molar-refractivity contribution in [2.75, 3.05) is 33.4 Å². The molecule has 0 aliphatic heterocycles. The fourth-order valence-electron chi connectivity index (χ4n) is 2.02. The molecule has 0 radical (unpaired) electrons. The van der Waals surface area contributed by atoms with Gasteiger partial charge in [0.2, 0.25) is 0 Å². The van der Waals surface area contributed by atoms with Gasteiger partial charge in [-0.3, -0.25) is 4.99 Å². The molecule has 0 heterocycles. The van der Waals surface area contributed by atoms with Crippen LogP contribution < -0.4 is 10.6 Å². The number of nitrogens with zero attached hydrogens (tertiary/aromatic N) is 1. The zero-order valence-electron chi connectivity index (χ0n) is 13.8. The monoisotopic (exact) mass is 439 g/mol. The number of nitrogens with one attached hydrogen (secondary N) is 2. The molecule has 0 spiro atoms. The summed E-state index contributed by atoms with van der Waals surface area (Å²) in [6.07, 6.45) is 0. The van der Waals surface area contributed by atoms with Gasteiger partial charge in [-0.25, -0.2) is 0 Å². The number of rotatable bonds is 7. The van der Waals surface area contributed by atoms with Crippen LogP contribution in [0.5, 0.6) is 0 Å². The summed E-state index contributed by atoms with van der Waals surface area (Å²) in [6, 6.07) is 7.95. The van der Waals surface area contributed by atoms with E-state index in [0.29, 0.717) is 6.61 Å². The molecule has 0 atom stereocenters. The van der Waals surface area contributed by atoms with Crippen LogP contribution >= 0.6 is 35.6 Å². The normalized spacial score (nSPS) is 11.8. The molecule has 1 rings (SSSR count). The molecule has 0 amide bonds. The van der Waals surface area contributed by atoms with E-state index in [1.807, 2.05) is 25.1 Å². The van der Waals surface area contributed by atoms with E-state index < -0.39 is 0 Å². The van der Waals surface area contributed by atoms with Gasteiger partial charge in [0.1, 0.15) is 0 Å². The highest BCUT2D eigenvalue weighted by Crippen LogP contribution is 2.28. The first-order valence-corrected chi connectivity index (χ1v) is 7.66. The van der Waals surface area contributed by atoms with Crippen molar-refractivity contribution in [2.45, 2.75) is 26.2 Å². The van der Waals surface area contributed by atoms with E-state index in [1.165, 1.54) is 0 Å². The van der Waals surface area contributed by atoms with E-state index in [1.54, 1.807) is 7.05 Å². The molecular weight excluding hydrogens is 413 g/mol. The highest BCUT2D eigenvalue weighted by Gasteiger charge is 2.23. The Labute approximate surface area is 156 Å². The predicted molar refractivity (Wildman–Crippen MR) is 106 cm³/mol. The Morgan fingerprint density at radius 1 is 1.27 bits per heavy atom. The van der Waals surface area contributed by atoms with Crippen LogP contribution in [0, 0.1) is 0 Å². The zero-order chi connectivity index (χ0) is 15.7. The highest BCUT2D eigenvalue weighted by molar-refractivity contribution is 14.0. The minimum Gasteiger partial charge on any atom is -0.380 e. The number of halogens is 2.